The van der Waals surface area contributed by atoms with E-state index in [0.29, 0.717) is 6.54 Å². The Kier molecular flexibility index (Phi) is 8.35. The Morgan fingerprint density at radius 2 is 1.68 bits per heavy atom. The lowest BCUT2D eigenvalue weighted by Gasteiger charge is -2.32. The highest BCUT2D eigenvalue weighted by Gasteiger charge is 2.37. The monoisotopic (exact) mass is 439 g/mol. The molecule has 3 rings (SSSR count). The predicted octanol–water partition coefficient (Wildman–Crippen LogP) is 3.28. The Morgan fingerprint density at radius 3 is 2.32 bits per heavy atom. The molecule has 0 atom stereocenters. The van der Waals surface area contributed by atoms with Crippen molar-refractivity contribution >= 4 is 11.8 Å². The van der Waals surface area contributed by atoms with Crippen molar-refractivity contribution in [2.45, 2.75) is 63.3 Å². The molecule has 1 aliphatic heterocycles. The molecule has 172 valence electrons. The van der Waals surface area contributed by atoms with Crippen LogP contribution >= 0.6 is 0 Å². The number of alkyl halides is 2. The summed E-state index contributed by atoms with van der Waals surface area (Å²) in [5.41, 5.74) is 0.792. The minimum atomic E-state index is -2.61. The van der Waals surface area contributed by atoms with E-state index >= 15 is 0 Å². The van der Waals surface area contributed by atoms with E-state index < -0.39 is 5.92 Å². The van der Waals surface area contributed by atoms with Crippen molar-refractivity contribution in [3.63, 3.8) is 0 Å². The van der Waals surface area contributed by atoms with Crippen molar-refractivity contribution in [1.82, 2.24) is 15.5 Å². The quantitative estimate of drug-likeness (QED) is 0.611. The fourth-order valence-electron chi connectivity index (χ4n) is 4.33. The highest BCUT2D eigenvalue weighted by molar-refractivity contribution is 5.79. The molecule has 2 aliphatic rings. The van der Waals surface area contributed by atoms with Gasteiger partial charge in [-0.3, -0.25) is 9.59 Å². The predicted molar refractivity (Wildman–Crippen MR) is 112 cm³/mol. The second kappa shape index (κ2) is 11.0. The molecule has 1 aromatic carbocycles. The fourth-order valence-corrected chi connectivity index (χ4v) is 4.33. The Balaban J connectivity index is 1.25. The van der Waals surface area contributed by atoms with E-state index in [4.69, 9.17) is 0 Å². The Hall–Kier alpha value is -2.09. The number of halogens is 3. The minimum absolute atomic E-state index is 0.0479. The molecule has 1 saturated heterocycles. The SMILES string of the molecule is O=C(Cc1ccc(F)cc1)NC1CCN(CCCNC(=O)C2CCC(F)(F)CC2)CC1. The van der Waals surface area contributed by atoms with Crippen LogP contribution in [0.4, 0.5) is 13.2 Å². The molecule has 2 amide bonds. The molecular weight excluding hydrogens is 407 g/mol. The van der Waals surface area contributed by atoms with Crippen LogP contribution < -0.4 is 10.6 Å². The number of piperidine rings is 1. The van der Waals surface area contributed by atoms with Gasteiger partial charge in [-0.15, -0.1) is 0 Å². The first-order valence-electron chi connectivity index (χ1n) is 11.2. The summed E-state index contributed by atoms with van der Waals surface area (Å²) in [6, 6.07) is 6.11. The van der Waals surface area contributed by atoms with Gasteiger partial charge in [0.25, 0.3) is 0 Å². The lowest BCUT2D eigenvalue weighted by molar-refractivity contribution is -0.129. The second-order valence-electron chi connectivity index (χ2n) is 8.76. The van der Waals surface area contributed by atoms with Crippen LogP contribution in [-0.4, -0.2) is 54.9 Å². The average Bonchev–Trinajstić information content (AvgIpc) is 2.74. The van der Waals surface area contributed by atoms with Gasteiger partial charge in [0.05, 0.1) is 6.42 Å². The van der Waals surface area contributed by atoms with Crippen LogP contribution in [0, 0.1) is 11.7 Å². The highest BCUT2D eigenvalue weighted by atomic mass is 19.3. The van der Waals surface area contributed by atoms with Crippen LogP contribution in [0.2, 0.25) is 0 Å². The number of hydrogen-bond donors (Lipinski definition) is 2. The van der Waals surface area contributed by atoms with Crippen LogP contribution in [0.15, 0.2) is 24.3 Å². The van der Waals surface area contributed by atoms with Gasteiger partial charge >= 0.3 is 0 Å². The third-order valence-corrected chi connectivity index (χ3v) is 6.27. The van der Waals surface area contributed by atoms with E-state index in [1.807, 2.05) is 0 Å². The number of amides is 2. The molecule has 1 aromatic rings. The molecule has 1 heterocycles. The molecule has 1 saturated carbocycles. The van der Waals surface area contributed by atoms with Crippen LogP contribution in [0.3, 0.4) is 0 Å². The van der Waals surface area contributed by atoms with Gasteiger partial charge in [0, 0.05) is 44.4 Å². The van der Waals surface area contributed by atoms with Crippen molar-refractivity contribution < 1.29 is 22.8 Å². The summed E-state index contributed by atoms with van der Waals surface area (Å²) in [5.74, 6) is -3.35. The third kappa shape index (κ3) is 7.83. The van der Waals surface area contributed by atoms with E-state index in [1.54, 1.807) is 12.1 Å². The van der Waals surface area contributed by atoms with E-state index in [9.17, 15) is 22.8 Å². The number of likely N-dealkylation sites (tertiary alicyclic amines) is 1. The van der Waals surface area contributed by atoms with Gasteiger partial charge < -0.3 is 15.5 Å². The zero-order valence-electron chi connectivity index (χ0n) is 17.8. The Bertz CT molecular complexity index is 724. The summed E-state index contributed by atoms with van der Waals surface area (Å²) in [6.45, 7) is 3.18. The molecular formula is C23H32F3N3O2. The molecule has 2 N–H and O–H groups in total. The topological polar surface area (TPSA) is 61.4 Å². The van der Waals surface area contributed by atoms with Gasteiger partial charge in [-0.05, 0) is 56.3 Å². The Labute approximate surface area is 181 Å². The van der Waals surface area contributed by atoms with E-state index in [-0.39, 0.29) is 61.7 Å². The molecule has 0 bridgehead atoms. The molecule has 0 radical (unpaired) electrons. The first kappa shape index (κ1) is 23.6. The standard InChI is InChI=1S/C23H32F3N3O2/c24-19-4-2-17(3-5-19)16-21(30)28-20-8-14-29(15-9-20)13-1-12-27-22(31)18-6-10-23(25,26)11-7-18/h2-5,18,20H,1,6-16H2,(H,27,31)(H,28,30). The van der Waals surface area contributed by atoms with Crippen LogP contribution in [0.25, 0.3) is 0 Å². The van der Waals surface area contributed by atoms with Gasteiger partial charge in [-0.25, -0.2) is 13.2 Å². The van der Waals surface area contributed by atoms with Crippen LogP contribution in [0.5, 0.6) is 0 Å². The molecule has 5 nitrogen and oxygen atoms in total. The largest absolute Gasteiger partial charge is 0.356 e. The van der Waals surface area contributed by atoms with E-state index in [2.05, 4.69) is 15.5 Å². The summed E-state index contributed by atoms with van der Waals surface area (Å²) in [4.78, 5) is 26.6. The van der Waals surface area contributed by atoms with E-state index in [1.165, 1.54) is 12.1 Å². The van der Waals surface area contributed by atoms with Gasteiger partial charge in [0.1, 0.15) is 5.82 Å². The van der Waals surface area contributed by atoms with Crippen molar-refractivity contribution in [1.29, 1.82) is 0 Å². The number of hydrogen-bond acceptors (Lipinski definition) is 3. The number of nitrogens with one attached hydrogen (secondary N) is 2. The molecule has 2 fully saturated rings. The van der Waals surface area contributed by atoms with Crippen molar-refractivity contribution in [3.05, 3.63) is 35.6 Å². The molecule has 31 heavy (non-hydrogen) atoms. The molecule has 0 unspecified atom stereocenters. The lowest BCUT2D eigenvalue weighted by Crippen LogP contribution is -2.45. The number of carbonyl (C=O) groups is 2. The van der Waals surface area contributed by atoms with Crippen molar-refractivity contribution in [2.75, 3.05) is 26.2 Å². The Morgan fingerprint density at radius 1 is 1.03 bits per heavy atom. The second-order valence-corrected chi connectivity index (χ2v) is 8.76. The lowest BCUT2D eigenvalue weighted by atomic mass is 9.86. The highest BCUT2D eigenvalue weighted by Crippen LogP contribution is 2.36. The molecule has 0 aromatic heterocycles. The minimum Gasteiger partial charge on any atom is -0.356 e. The number of carbonyl (C=O) groups excluding carboxylic acids is 2. The van der Waals surface area contributed by atoms with Gasteiger partial charge in [-0.2, -0.15) is 0 Å². The molecule has 0 spiro atoms. The summed E-state index contributed by atoms with van der Waals surface area (Å²) in [7, 11) is 0. The number of rotatable bonds is 8. The summed E-state index contributed by atoms with van der Waals surface area (Å²) in [6.07, 6.45) is 2.95. The van der Waals surface area contributed by atoms with Crippen LogP contribution in [0.1, 0.15) is 50.5 Å². The molecule has 8 heteroatoms. The number of benzene rings is 1. The maximum absolute atomic E-state index is 13.2. The zero-order chi connectivity index (χ0) is 22.3. The summed E-state index contributed by atoms with van der Waals surface area (Å²) < 4.78 is 39.3. The van der Waals surface area contributed by atoms with E-state index in [0.717, 1.165) is 44.5 Å². The fraction of sp³-hybridized carbons (Fsp3) is 0.652. The summed E-state index contributed by atoms with van der Waals surface area (Å²) >= 11 is 0. The first-order valence-corrected chi connectivity index (χ1v) is 11.2. The van der Waals surface area contributed by atoms with Crippen LogP contribution in [-0.2, 0) is 16.0 Å². The zero-order valence-corrected chi connectivity index (χ0v) is 17.8. The van der Waals surface area contributed by atoms with Crippen molar-refractivity contribution in [2.24, 2.45) is 5.92 Å². The normalized spacial score (nSPS) is 20.4. The molecule has 1 aliphatic carbocycles. The average molecular weight is 440 g/mol. The summed E-state index contributed by atoms with van der Waals surface area (Å²) in [5, 5.41) is 5.95. The van der Waals surface area contributed by atoms with Gasteiger partial charge in [0.15, 0.2) is 0 Å². The van der Waals surface area contributed by atoms with Gasteiger partial charge in [0.2, 0.25) is 17.7 Å². The maximum Gasteiger partial charge on any atom is 0.248 e. The number of nitrogens with zero attached hydrogens (tertiary/aromatic N) is 1. The first-order chi connectivity index (χ1) is 14.8. The third-order valence-electron chi connectivity index (χ3n) is 6.27. The van der Waals surface area contributed by atoms with Gasteiger partial charge in [-0.1, -0.05) is 12.1 Å². The smallest absolute Gasteiger partial charge is 0.248 e. The maximum atomic E-state index is 13.2. The van der Waals surface area contributed by atoms with Crippen molar-refractivity contribution in [3.8, 4) is 0 Å².